The Kier molecular flexibility index (Phi) is 11.2. The van der Waals surface area contributed by atoms with Crippen molar-refractivity contribution >= 4 is 15.8 Å². The van der Waals surface area contributed by atoms with E-state index in [4.69, 9.17) is 0 Å². The van der Waals surface area contributed by atoms with Crippen LogP contribution in [0.15, 0.2) is 0 Å². The molecule has 92 valence electrons. The van der Waals surface area contributed by atoms with Gasteiger partial charge in [-0.05, 0) is 0 Å². The predicted molar refractivity (Wildman–Crippen MR) is 65.4 cm³/mol. The van der Waals surface area contributed by atoms with Gasteiger partial charge in [0.05, 0.1) is 0 Å². The molecule has 15 heavy (non-hydrogen) atoms. The molecule has 0 fully saturated rings. The third kappa shape index (κ3) is 12.3. The van der Waals surface area contributed by atoms with Gasteiger partial charge < -0.3 is 0 Å². The summed E-state index contributed by atoms with van der Waals surface area (Å²) in [4.78, 5) is -0.531. The van der Waals surface area contributed by atoms with Crippen molar-refractivity contribution in [3.8, 4) is 0 Å². The van der Waals surface area contributed by atoms with E-state index in [0.29, 0.717) is 12.8 Å². The summed E-state index contributed by atoms with van der Waals surface area (Å²) in [6.45, 7) is 4.18. The molecule has 3 heteroatoms. The Morgan fingerprint density at radius 1 is 1.00 bits per heavy atom. The maximum absolute atomic E-state index is 13.3. The molecular weight excluding hydrogens is 257 g/mol. The molecule has 0 saturated carbocycles. The van der Waals surface area contributed by atoms with Crippen molar-refractivity contribution in [2.24, 2.45) is 5.92 Å². The molecule has 0 aromatic heterocycles. The summed E-state index contributed by atoms with van der Waals surface area (Å²) in [7, 11) is 0. The number of hydrogen-bond donors (Lipinski definition) is 0. The van der Waals surface area contributed by atoms with Crippen LogP contribution in [0.4, 0.5) is 8.78 Å². The molecular formula is C12H25AsF2. The van der Waals surface area contributed by atoms with Crippen LogP contribution >= 0.6 is 0 Å². The monoisotopic (exact) mass is 282 g/mol. The van der Waals surface area contributed by atoms with Crippen LogP contribution < -0.4 is 0 Å². The third-order valence-electron chi connectivity index (χ3n) is 2.42. The fourth-order valence-corrected chi connectivity index (χ4v) is 3.84. The van der Waals surface area contributed by atoms with Gasteiger partial charge in [-0.15, -0.1) is 0 Å². The quantitative estimate of drug-likeness (QED) is 0.418. The van der Waals surface area contributed by atoms with E-state index in [1.54, 1.807) is 0 Å². The maximum atomic E-state index is 13.3. The first-order chi connectivity index (χ1) is 7.16. The van der Waals surface area contributed by atoms with Crippen LogP contribution in [-0.2, 0) is 0 Å². The topological polar surface area (TPSA) is 0 Å². The molecule has 2 atom stereocenters. The van der Waals surface area contributed by atoms with E-state index >= 15 is 0 Å². The van der Waals surface area contributed by atoms with E-state index in [-0.39, 0.29) is 22.4 Å². The van der Waals surface area contributed by atoms with Crippen LogP contribution in [0.2, 0.25) is 5.21 Å². The summed E-state index contributed by atoms with van der Waals surface area (Å²) in [6, 6.07) is 0. The minimum absolute atomic E-state index is 0.248. The summed E-state index contributed by atoms with van der Waals surface area (Å²) in [5.74, 6) is 0.749. The average Bonchev–Trinajstić information content (AvgIpc) is 2.19. The molecule has 0 bridgehead atoms. The number of rotatable bonds is 10. The number of alkyl halides is 2. The van der Waals surface area contributed by atoms with Crippen molar-refractivity contribution in [1.29, 1.82) is 0 Å². The molecule has 0 rings (SSSR count). The van der Waals surface area contributed by atoms with Crippen molar-refractivity contribution in [1.82, 2.24) is 0 Å². The zero-order valence-electron chi connectivity index (χ0n) is 10.1. The minimum atomic E-state index is -0.531. The Morgan fingerprint density at radius 2 is 1.73 bits per heavy atom. The number of unbranched alkanes of at least 4 members (excludes halogenated alkanes) is 2. The van der Waals surface area contributed by atoms with E-state index in [1.165, 1.54) is 12.8 Å². The normalized spacial score (nSPS) is 14.2. The van der Waals surface area contributed by atoms with E-state index < -0.39 is 4.96 Å². The first-order valence-corrected chi connectivity index (χ1v) is 8.79. The Bertz CT molecular complexity index is 129. The van der Waals surface area contributed by atoms with Gasteiger partial charge in [0.1, 0.15) is 0 Å². The van der Waals surface area contributed by atoms with Crippen molar-refractivity contribution < 1.29 is 8.78 Å². The van der Waals surface area contributed by atoms with Crippen LogP contribution in [0.5, 0.6) is 0 Å². The van der Waals surface area contributed by atoms with Crippen LogP contribution in [0.1, 0.15) is 52.4 Å². The van der Waals surface area contributed by atoms with Crippen LogP contribution in [0.25, 0.3) is 0 Å². The van der Waals surface area contributed by atoms with E-state index in [0.717, 1.165) is 24.0 Å². The molecule has 0 saturated heterocycles. The molecule has 0 amide bonds. The van der Waals surface area contributed by atoms with Gasteiger partial charge in [-0.25, -0.2) is 0 Å². The predicted octanol–water partition coefficient (Wildman–Crippen LogP) is 4.10. The molecule has 0 nitrogen and oxygen atoms in total. The molecule has 0 aliphatic rings. The second-order valence-electron chi connectivity index (χ2n) is 4.50. The van der Waals surface area contributed by atoms with Crippen molar-refractivity contribution in [3.63, 3.8) is 0 Å². The Morgan fingerprint density at radius 3 is 2.33 bits per heavy atom. The first kappa shape index (κ1) is 15.4. The number of hydrogen-bond acceptors (Lipinski definition) is 0. The molecule has 0 aliphatic heterocycles. The fourth-order valence-electron chi connectivity index (χ4n) is 1.47. The summed E-state index contributed by atoms with van der Waals surface area (Å²) < 4.78 is 25.1. The van der Waals surface area contributed by atoms with Crippen LogP contribution in [0.3, 0.4) is 0 Å². The Balaban J connectivity index is 3.15. The molecule has 0 aromatic rings. The Hall–Kier alpha value is 0.418. The molecule has 0 spiro atoms. The van der Waals surface area contributed by atoms with E-state index in [1.807, 2.05) is 0 Å². The van der Waals surface area contributed by atoms with Crippen molar-refractivity contribution in [2.75, 3.05) is 6.67 Å². The van der Waals surface area contributed by atoms with Gasteiger partial charge in [-0.3, -0.25) is 0 Å². The second-order valence-corrected chi connectivity index (χ2v) is 7.72. The summed E-state index contributed by atoms with van der Waals surface area (Å²) in [5, 5.41) is 1.13. The third-order valence-corrected chi connectivity index (χ3v) is 5.30. The molecule has 0 radical (unpaired) electrons. The second kappa shape index (κ2) is 10.9. The molecule has 0 aliphatic carbocycles. The van der Waals surface area contributed by atoms with Crippen molar-refractivity contribution in [2.45, 2.75) is 62.5 Å². The molecule has 2 unspecified atom stereocenters. The fraction of sp³-hybridized carbons (Fsp3) is 1.00. The van der Waals surface area contributed by atoms with E-state index in [9.17, 15) is 8.78 Å². The molecule has 0 heterocycles. The van der Waals surface area contributed by atoms with Gasteiger partial charge in [0.25, 0.3) is 0 Å². The van der Waals surface area contributed by atoms with Gasteiger partial charge in [0.15, 0.2) is 0 Å². The van der Waals surface area contributed by atoms with Gasteiger partial charge in [-0.2, -0.15) is 0 Å². The first-order valence-electron chi connectivity index (χ1n) is 6.10. The van der Waals surface area contributed by atoms with Crippen LogP contribution in [-0.4, -0.2) is 27.4 Å². The molecule has 0 N–H and O–H groups in total. The van der Waals surface area contributed by atoms with E-state index in [2.05, 4.69) is 13.8 Å². The van der Waals surface area contributed by atoms with Gasteiger partial charge in [0, 0.05) is 0 Å². The average molecular weight is 282 g/mol. The summed E-state index contributed by atoms with van der Waals surface area (Å²) in [5.41, 5.74) is 0. The zero-order valence-corrected chi connectivity index (χ0v) is 12.2. The number of halogens is 2. The standard InChI is InChI=1S/C12H25AsF2/c1-11(2)7-6-9-13-12(15)8-4-3-5-10-14/h11-13H,3-10H2,1-2H3. The van der Waals surface area contributed by atoms with Gasteiger partial charge in [0.2, 0.25) is 0 Å². The summed E-state index contributed by atoms with van der Waals surface area (Å²) >= 11 is -0.382. The van der Waals surface area contributed by atoms with Gasteiger partial charge in [-0.1, -0.05) is 0 Å². The summed E-state index contributed by atoms with van der Waals surface area (Å²) in [6.07, 6.45) is 5.45. The molecule has 0 aromatic carbocycles. The van der Waals surface area contributed by atoms with Crippen molar-refractivity contribution in [3.05, 3.63) is 0 Å². The van der Waals surface area contributed by atoms with Gasteiger partial charge >= 0.3 is 99.7 Å². The SMILES string of the molecule is CC(C)CCC[AsH]C(F)CCCCCF. The zero-order chi connectivity index (χ0) is 11.5. The van der Waals surface area contributed by atoms with Crippen LogP contribution in [0, 0.1) is 5.92 Å². The Labute approximate surface area is 99.9 Å².